The van der Waals surface area contributed by atoms with E-state index in [1.807, 2.05) is 13.8 Å². The minimum Gasteiger partial charge on any atom is -0.381 e. The molecule has 0 heterocycles. The molecule has 2 N–H and O–H groups in total. The van der Waals surface area contributed by atoms with Crippen LogP contribution in [0.2, 0.25) is 0 Å². The van der Waals surface area contributed by atoms with Crippen LogP contribution in [0.15, 0.2) is 0 Å². The SMILES string of the molecule is CC(O)NC(C)(C)CCOCCCCC=O. The predicted octanol–water partition coefficient (Wildman–Crippen LogP) is 1.47. The largest absolute Gasteiger partial charge is 0.381 e. The van der Waals surface area contributed by atoms with Gasteiger partial charge in [0.2, 0.25) is 0 Å². The van der Waals surface area contributed by atoms with Gasteiger partial charge in [-0.2, -0.15) is 0 Å². The van der Waals surface area contributed by atoms with Gasteiger partial charge in [0.05, 0.1) is 0 Å². The number of hydrogen-bond donors (Lipinski definition) is 2. The molecule has 16 heavy (non-hydrogen) atoms. The van der Waals surface area contributed by atoms with Crippen LogP contribution in [0.25, 0.3) is 0 Å². The van der Waals surface area contributed by atoms with E-state index >= 15 is 0 Å². The molecule has 96 valence electrons. The Morgan fingerprint density at radius 1 is 1.38 bits per heavy atom. The number of hydrogen-bond acceptors (Lipinski definition) is 4. The summed E-state index contributed by atoms with van der Waals surface area (Å²) >= 11 is 0. The number of carbonyl (C=O) groups is 1. The maximum Gasteiger partial charge on any atom is 0.119 e. The summed E-state index contributed by atoms with van der Waals surface area (Å²) in [7, 11) is 0. The molecule has 0 aromatic rings. The van der Waals surface area contributed by atoms with Crippen LogP contribution >= 0.6 is 0 Å². The summed E-state index contributed by atoms with van der Waals surface area (Å²) in [6.07, 6.45) is 3.75. The summed E-state index contributed by atoms with van der Waals surface area (Å²) in [4.78, 5) is 10.1. The number of nitrogens with one attached hydrogen (secondary N) is 1. The molecule has 0 radical (unpaired) electrons. The Morgan fingerprint density at radius 3 is 2.62 bits per heavy atom. The quantitative estimate of drug-likeness (QED) is 0.339. The van der Waals surface area contributed by atoms with E-state index in [9.17, 15) is 9.90 Å². The van der Waals surface area contributed by atoms with Crippen LogP contribution in [0.1, 0.15) is 46.5 Å². The van der Waals surface area contributed by atoms with Crippen molar-refractivity contribution in [2.24, 2.45) is 0 Å². The normalized spacial score (nSPS) is 13.8. The Morgan fingerprint density at radius 2 is 2.06 bits per heavy atom. The second kappa shape index (κ2) is 8.67. The number of aldehydes is 1. The average molecular weight is 231 g/mol. The van der Waals surface area contributed by atoms with Crippen molar-refractivity contribution >= 4 is 6.29 Å². The van der Waals surface area contributed by atoms with E-state index in [0.717, 1.165) is 25.5 Å². The topological polar surface area (TPSA) is 58.6 Å². The maximum atomic E-state index is 10.1. The van der Waals surface area contributed by atoms with E-state index in [0.29, 0.717) is 19.6 Å². The monoisotopic (exact) mass is 231 g/mol. The second-order valence-electron chi connectivity index (χ2n) is 4.73. The lowest BCUT2D eigenvalue weighted by molar-refractivity contribution is -0.108. The Bertz CT molecular complexity index is 181. The minimum atomic E-state index is -0.498. The summed E-state index contributed by atoms with van der Waals surface area (Å²) in [5.41, 5.74) is -0.114. The molecule has 0 fully saturated rings. The van der Waals surface area contributed by atoms with Crippen molar-refractivity contribution in [2.75, 3.05) is 13.2 Å². The van der Waals surface area contributed by atoms with Gasteiger partial charge < -0.3 is 14.6 Å². The first-order valence-corrected chi connectivity index (χ1v) is 5.95. The van der Waals surface area contributed by atoms with Crippen LogP contribution in [0.4, 0.5) is 0 Å². The molecule has 0 bridgehead atoms. The Labute approximate surface area is 98.4 Å². The van der Waals surface area contributed by atoms with Gasteiger partial charge in [-0.05, 0) is 40.0 Å². The lowest BCUT2D eigenvalue weighted by atomic mass is 10.0. The van der Waals surface area contributed by atoms with Crippen molar-refractivity contribution in [1.29, 1.82) is 0 Å². The molecule has 1 unspecified atom stereocenters. The molecular formula is C12H25NO3. The van der Waals surface area contributed by atoms with Gasteiger partial charge in [0, 0.05) is 25.2 Å². The number of carbonyl (C=O) groups excluding carboxylic acids is 1. The van der Waals surface area contributed by atoms with E-state index in [1.54, 1.807) is 6.92 Å². The lowest BCUT2D eigenvalue weighted by Crippen LogP contribution is -2.45. The number of ether oxygens (including phenoxy) is 1. The first kappa shape index (κ1) is 15.6. The molecule has 4 heteroatoms. The summed E-state index contributed by atoms with van der Waals surface area (Å²) in [6.45, 7) is 7.17. The zero-order valence-corrected chi connectivity index (χ0v) is 10.7. The van der Waals surface area contributed by atoms with E-state index < -0.39 is 6.23 Å². The zero-order valence-electron chi connectivity index (χ0n) is 10.7. The second-order valence-corrected chi connectivity index (χ2v) is 4.73. The van der Waals surface area contributed by atoms with Crippen molar-refractivity contribution in [2.45, 2.75) is 58.2 Å². The Balaban J connectivity index is 3.39. The molecule has 4 nitrogen and oxygen atoms in total. The third kappa shape index (κ3) is 10.1. The Hall–Kier alpha value is -0.450. The molecule has 0 aromatic heterocycles. The number of unbranched alkanes of at least 4 members (excludes halogenated alkanes) is 2. The number of rotatable bonds is 10. The van der Waals surface area contributed by atoms with Crippen LogP contribution in [-0.4, -0.2) is 36.4 Å². The molecule has 0 amide bonds. The van der Waals surface area contributed by atoms with Gasteiger partial charge in [-0.15, -0.1) is 0 Å². The van der Waals surface area contributed by atoms with Crippen molar-refractivity contribution in [3.05, 3.63) is 0 Å². The van der Waals surface area contributed by atoms with Gasteiger partial charge in [-0.1, -0.05) is 0 Å². The third-order valence-corrected chi connectivity index (χ3v) is 2.33. The van der Waals surface area contributed by atoms with Crippen LogP contribution < -0.4 is 5.32 Å². The molecule has 0 rings (SSSR count). The van der Waals surface area contributed by atoms with Crippen molar-refractivity contribution in [3.63, 3.8) is 0 Å². The summed E-state index contributed by atoms with van der Waals surface area (Å²) in [5.74, 6) is 0. The van der Waals surface area contributed by atoms with Crippen molar-refractivity contribution in [1.82, 2.24) is 5.32 Å². The van der Waals surface area contributed by atoms with E-state index in [4.69, 9.17) is 4.74 Å². The zero-order chi connectivity index (χ0) is 12.4. The summed E-state index contributed by atoms with van der Waals surface area (Å²) in [5, 5.41) is 12.3. The fourth-order valence-corrected chi connectivity index (χ4v) is 1.50. The first-order chi connectivity index (χ1) is 7.48. The lowest BCUT2D eigenvalue weighted by Gasteiger charge is -2.28. The van der Waals surface area contributed by atoms with Crippen molar-refractivity contribution in [3.8, 4) is 0 Å². The maximum absolute atomic E-state index is 10.1. The Kier molecular flexibility index (Phi) is 8.43. The van der Waals surface area contributed by atoms with E-state index in [2.05, 4.69) is 5.32 Å². The van der Waals surface area contributed by atoms with Crippen LogP contribution in [0.5, 0.6) is 0 Å². The highest BCUT2D eigenvalue weighted by atomic mass is 16.5. The molecule has 0 saturated heterocycles. The van der Waals surface area contributed by atoms with Gasteiger partial charge in [0.1, 0.15) is 12.5 Å². The highest BCUT2D eigenvalue weighted by Gasteiger charge is 2.18. The highest BCUT2D eigenvalue weighted by Crippen LogP contribution is 2.09. The fraction of sp³-hybridized carbons (Fsp3) is 0.917. The summed E-state index contributed by atoms with van der Waals surface area (Å²) in [6, 6.07) is 0. The van der Waals surface area contributed by atoms with Gasteiger partial charge >= 0.3 is 0 Å². The average Bonchev–Trinajstić information content (AvgIpc) is 2.14. The highest BCUT2D eigenvalue weighted by molar-refractivity contribution is 5.48. The molecule has 0 aromatic carbocycles. The molecule has 0 spiro atoms. The van der Waals surface area contributed by atoms with Crippen molar-refractivity contribution < 1.29 is 14.6 Å². The molecule has 0 aliphatic heterocycles. The molecule has 0 aliphatic carbocycles. The number of aliphatic hydroxyl groups excluding tert-OH is 1. The molecule has 1 atom stereocenters. The van der Waals surface area contributed by atoms with E-state index in [1.165, 1.54) is 0 Å². The summed E-state index contributed by atoms with van der Waals surface area (Å²) < 4.78 is 5.46. The van der Waals surface area contributed by atoms with Gasteiger partial charge in [0.15, 0.2) is 0 Å². The smallest absolute Gasteiger partial charge is 0.119 e. The molecular weight excluding hydrogens is 206 g/mol. The van der Waals surface area contributed by atoms with Crippen LogP contribution in [-0.2, 0) is 9.53 Å². The van der Waals surface area contributed by atoms with Gasteiger partial charge in [0.25, 0.3) is 0 Å². The number of aliphatic hydroxyl groups is 1. The molecule has 0 saturated carbocycles. The van der Waals surface area contributed by atoms with Gasteiger partial charge in [-0.3, -0.25) is 5.32 Å². The minimum absolute atomic E-state index is 0.114. The predicted molar refractivity (Wildman–Crippen MR) is 64.2 cm³/mol. The first-order valence-electron chi connectivity index (χ1n) is 5.95. The van der Waals surface area contributed by atoms with Crippen LogP contribution in [0.3, 0.4) is 0 Å². The third-order valence-electron chi connectivity index (χ3n) is 2.33. The van der Waals surface area contributed by atoms with E-state index in [-0.39, 0.29) is 5.54 Å². The molecule has 0 aliphatic rings. The standard InChI is InChI=1S/C12H25NO3/c1-11(15)13-12(2,3)7-10-16-9-6-4-5-8-14/h8,11,13,15H,4-7,9-10H2,1-3H3. The van der Waals surface area contributed by atoms with Crippen LogP contribution in [0, 0.1) is 0 Å². The van der Waals surface area contributed by atoms with Gasteiger partial charge in [-0.25, -0.2) is 0 Å². The fourth-order valence-electron chi connectivity index (χ4n) is 1.50.